The predicted molar refractivity (Wildman–Crippen MR) is 85.5 cm³/mol. The Labute approximate surface area is 141 Å². The number of rotatable bonds is 3. The van der Waals surface area contributed by atoms with Crippen LogP contribution in [0.4, 0.5) is 10.1 Å². The van der Waals surface area contributed by atoms with Crippen molar-refractivity contribution in [2.24, 2.45) is 5.10 Å². The number of benzene rings is 2. The number of nitrogens with one attached hydrogen (secondary N) is 1. The van der Waals surface area contributed by atoms with Gasteiger partial charge in [-0.2, -0.15) is 26.3 Å². The predicted octanol–water partition coefficient (Wildman–Crippen LogP) is 1.26. The molecule has 0 spiro atoms. The summed E-state index contributed by atoms with van der Waals surface area (Å²) in [5.41, 5.74) is 2.44. The van der Waals surface area contributed by atoms with E-state index in [1.807, 2.05) is 0 Å². The summed E-state index contributed by atoms with van der Waals surface area (Å²) in [6.45, 7) is 0. The van der Waals surface area contributed by atoms with Gasteiger partial charge in [-0.1, -0.05) is 6.07 Å². The quantitative estimate of drug-likeness (QED) is 0.671. The van der Waals surface area contributed by atoms with Crippen molar-refractivity contribution in [3.05, 3.63) is 42.6 Å². The van der Waals surface area contributed by atoms with Gasteiger partial charge in [0, 0.05) is 11.5 Å². The fourth-order valence-electron chi connectivity index (χ4n) is 2.20. The fourth-order valence-corrected chi connectivity index (χ4v) is 3.25. The van der Waals surface area contributed by atoms with Gasteiger partial charge in [-0.15, -0.1) is 5.10 Å². The lowest BCUT2D eigenvalue weighted by molar-refractivity contribution is 0.481. The molecular formula is C13H9FN3O6S2. The standard InChI is InChI=1S/C13H9FN3O6S2/c14-13-3-4-15-17(16-13)12-7-10(25(21,22)23)6-8-5-9(24(18,19)20)1-2-11(8)12/h1-3,5-7,15H,(H,18,19,20)(H,21,22,23). The number of halogens is 1. The van der Waals surface area contributed by atoms with Gasteiger partial charge in [0.2, 0.25) is 5.97 Å². The highest BCUT2D eigenvalue weighted by atomic mass is 32.2. The minimum Gasteiger partial charge on any atom is -0.282 e. The summed E-state index contributed by atoms with van der Waals surface area (Å²) in [5, 5.41) is 4.69. The van der Waals surface area contributed by atoms with Gasteiger partial charge < -0.3 is 0 Å². The van der Waals surface area contributed by atoms with Crippen molar-refractivity contribution in [3.8, 4) is 0 Å². The summed E-state index contributed by atoms with van der Waals surface area (Å²) in [5.74, 6) is -0.918. The normalized spacial score (nSPS) is 15.2. The van der Waals surface area contributed by atoms with Crippen molar-refractivity contribution in [3.63, 3.8) is 0 Å². The molecule has 0 aliphatic carbocycles. The molecule has 131 valence electrons. The Balaban J connectivity index is 2.33. The first-order valence-corrected chi connectivity index (χ1v) is 9.35. The largest absolute Gasteiger partial charge is 0.294 e. The first-order valence-electron chi connectivity index (χ1n) is 6.47. The molecule has 0 aromatic heterocycles. The van der Waals surface area contributed by atoms with Gasteiger partial charge in [0.1, 0.15) is 0 Å². The third-order valence-corrected chi connectivity index (χ3v) is 4.94. The molecule has 25 heavy (non-hydrogen) atoms. The van der Waals surface area contributed by atoms with E-state index in [0.717, 1.165) is 35.5 Å². The molecular weight excluding hydrogens is 377 g/mol. The third-order valence-electron chi connectivity index (χ3n) is 3.26. The number of hydrazine groups is 1. The van der Waals surface area contributed by atoms with Gasteiger partial charge in [0.05, 0.1) is 21.7 Å². The molecule has 0 atom stereocenters. The molecule has 3 N–H and O–H groups in total. The van der Waals surface area contributed by atoms with Gasteiger partial charge in [-0.05, 0) is 29.7 Å². The third kappa shape index (κ3) is 3.46. The highest BCUT2D eigenvalue weighted by Crippen LogP contribution is 2.32. The summed E-state index contributed by atoms with van der Waals surface area (Å²) < 4.78 is 77.2. The summed E-state index contributed by atoms with van der Waals surface area (Å²) in [4.78, 5) is -1.05. The van der Waals surface area contributed by atoms with Crippen molar-refractivity contribution >= 4 is 42.7 Å². The van der Waals surface area contributed by atoms with Crippen molar-refractivity contribution in [1.29, 1.82) is 0 Å². The molecule has 12 heteroatoms. The zero-order valence-electron chi connectivity index (χ0n) is 12.1. The summed E-state index contributed by atoms with van der Waals surface area (Å²) in [6.07, 6.45) is 3.24. The highest BCUT2D eigenvalue weighted by molar-refractivity contribution is 7.86. The molecule has 1 heterocycles. The fraction of sp³-hybridized carbons (Fsp3) is 0. The maximum absolute atomic E-state index is 13.3. The van der Waals surface area contributed by atoms with Crippen LogP contribution in [0.3, 0.4) is 0 Å². The van der Waals surface area contributed by atoms with E-state index in [-0.39, 0.29) is 16.5 Å². The van der Waals surface area contributed by atoms with Crippen LogP contribution >= 0.6 is 0 Å². The summed E-state index contributed by atoms with van der Waals surface area (Å²) in [7, 11) is -9.19. The minimum atomic E-state index is -4.65. The topological polar surface area (TPSA) is 136 Å². The van der Waals surface area contributed by atoms with E-state index < -0.39 is 36.0 Å². The molecule has 1 aliphatic rings. The second kappa shape index (κ2) is 5.77. The molecule has 1 aliphatic heterocycles. The van der Waals surface area contributed by atoms with Crippen molar-refractivity contribution in [2.45, 2.75) is 9.79 Å². The van der Waals surface area contributed by atoms with Gasteiger partial charge in [0.25, 0.3) is 20.2 Å². The van der Waals surface area contributed by atoms with Crippen LogP contribution in [-0.2, 0) is 20.2 Å². The second-order valence-corrected chi connectivity index (χ2v) is 7.75. The number of fused-ring (bicyclic) bond motifs is 1. The first-order chi connectivity index (χ1) is 11.6. The molecule has 0 saturated carbocycles. The van der Waals surface area contributed by atoms with Crippen LogP contribution < -0.4 is 10.5 Å². The van der Waals surface area contributed by atoms with Crippen LogP contribution in [0.15, 0.2) is 51.3 Å². The smallest absolute Gasteiger partial charge is 0.282 e. The molecule has 0 saturated heterocycles. The lowest BCUT2D eigenvalue weighted by Crippen LogP contribution is -2.33. The number of hydrazone groups is 1. The zero-order chi connectivity index (χ0) is 18.4. The Morgan fingerprint density at radius 2 is 1.68 bits per heavy atom. The maximum atomic E-state index is 13.3. The van der Waals surface area contributed by atoms with E-state index >= 15 is 0 Å². The molecule has 0 unspecified atom stereocenters. The summed E-state index contributed by atoms with van der Waals surface area (Å²) >= 11 is 0. The van der Waals surface area contributed by atoms with E-state index in [2.05, 4.69) is 16.7 Å². The Morgan fingerprint density at radius 3 is 2.28 bits per heavy atom. The highest BCUT2D eigenvalue weighted by Gasteiger charge is 2.20. The number of allylic oxidation sites excluding steroid dienone is 1. The van der Waals surface area contributed by atoms with E-state index in [1.165, 1.54) is 6.07 Å². The van der Waals surface area contributed by atoms with Gasteiger partial charge in [-0.3, -0.25) is 14.5 Å². The molecule has 9 nitrogen and oxygen atoms in total. The van der Waals surface area contributed by atoms with Crippen molar-refractivity contribution in [2.75, 3.05) is 5.12 Å². The van der Waals surface area contributed by atoms with Crippen LogP contribution in [-0.4, -0.2) is 31.9 Å². The van der Waals surface area contributed by atoms with Crippen LogP contribution in [0.5, 0.6) is 0 Å². The van der Waals surface area contributed by atoms with E-state index in [4.69, 9.17) is 4.55 Å². The number of hydrogen-bond donors (Lipinski definition) is 3. The lowest BCUT2D eigenvalue weighted by atomic mass is 10.1. The van der Waals surface area contributed by atoms with E-state index in [0.29, 0.717) is 0 Å². The molecule has 2 aromatic carbocycles. The van der Waals surface area contributed by atoms with E-state index in [9.17, 15) is 25.8 Å². The Morgan fingerprint density at radius 1 is 1.04 bits per heavy atom. The molecule has 0 fully saturated rings. The molecule has 2 aromatic rings. The van der Waals surface area contributed by atoms with E-state index in [1.54, 1.807) is 0 Å². The minimum absolute atomic E-state index is 0.00256. The van der Waals surface area contributed by atoms with Gasteiger partial charge in [0.15, 0.2) is 0 Å². The molecule has 0 amide bonds. The maximum Gasteiger partial charge on any atom is 0.294 e. The number of hydrogen-bond acceptors (Lipinski definition) is 7. The lowest BCUT2D eigenvalue weighted by Gasteiger charge is -2.22. The first kappa shape index (κ1) is 17.3. The average molecular weight is 386 g/mol. The van der Waals surface area contributed by atoms with Crippen LogP contribution in [0.1, 0.15) is 0 Å². The van der Waals surface area contributed by atoms with Crippen LogP contribution in [0, 0.1) is 6.20 Å². The Bertz CT molecular complexity index is 1140. The van der Waals surface area contributed by atoms with Crippen molar-refractivity contribution in [1.82, 2.24) is 5.43 Å². The van der Waals surface area contributed by atoms with Gasteiger partial charge in [-0.25, -0.2) is 0 Å². The Hall–Kier alpha value is -2.54. The molecule has 1 radical (unpaired) electrons. The van der Waals surface area contributed by atoms with Crippen molar-refractivity contribution < 1.29 is 30.3 Å². The van der Waals surface area contributed by atoms with Gasteiger partial charge >= 0.3 is 0 Å². The SMILES string of the molecule is O=S(=O)(O)c1ccc2c(N3N=C(F)C=[C]N3)cc(S(=O)(=O)O)cc2c1. The molecule has 3 rings (SSSR count). The molecule has 0 bridgehead atoms. The Kier molecular flexibility index (Phi) is 3.99. The second-order valence-electron chi connectivity index (χ2n) is 4.91. The summed E-state index contributed by atoms with van der Waals surface area (Å²) in [6, 6.07) is 5.38. The number of anilines is 1. The zero-order valence-corrected chi connectivity index (χ0v) is 13.7. The van der Waals surface area contributed by atoms with Crippen LogP contribution in [0.25, 0.3) is 10.8 Å². The number of nitrogens with zero attached hydrogens (tertiary/aromatic N) is 2. The average Bonchev–Trinajstić information content (AvgIpc) is 2.51. The monoisotopic (exact) mass is 386 g/mol. The van der Waals surface area contributed by atoms with Crippen LogP contribution in [0.2, 0.25) is 0 Å².